The van der Waals surface area contributed by atoms with Crippen LogP contribution in [0.1, 0.15) is 19.4 Å². The molecular weight excluding hydrogens is 218 g/mol. The zero-order chi connectivity index (χ0) is 12.4. The van der Waals surface area contributed by atoms with E-state index in [0.717, 1.165) is 17.5 Å². The Morgan fingerprint density at radius 1 is 1.35 bits per heavy atom. The summed E-state index contributed by atoms with van der Waals surface area (Å²) in [5, 5.41) is 12.4. The van der Waals surface area contributed by atoms with Crippen LogP contribution in [0.15, 0.2) is 33.5 Å². The summed E-state index contributed by atoms with van der Waals surface area (Å²) in [6, 6.07) is 6.82. The summed E-state index contributed by atoms with van der Waals surface area (Å²) in [5.74, 6) is 0.102. The summed E-state index contributed by atoms with van der Waals surface area (Å²) >= 11 is 0. The molecule has 1 aromatic heterocycles. The van der Waals surface area contributed by atoms with Gasteiger partial charge in [0.1, 0.15) is 17.9 Å². The Bertz CT molecular complexity index is 587. The number of hydrogen-bond donors (Lipinski definition) is 2. The number of quaternary nitrogens is 1. The molecule has 0 atom stereocenters. The van der Waals surface area contributed by atoms with E-state index in [1.807, 2.05) is 0 Å². The average molecular weight is 234 g/mol. The number of fused-ring (bicyclic) bond motifs is 1. The molecule has 90 valence electrons. The van der Waals surface area contributed by atoms with Crippen LogP contribution < -0.4 is 10.9 Å². The maximum atomic E-state index is 11.4. The van der Waals surface area contributed by atoms with Crippen LogP contribution in [0.5, 0.6) is 5.75 Å². The van der Waals surface area contributed by atoms with Gasteiger partial charge in [0.25, 0.3) is 0 Å². The van der Waals surface area contributed by atoms with Crippen LogP contribution in [0.3, 0.4) is 0 Å². The zero-order valence-corrected chi connectivity index (χ0v) is 9.93. The van der Waals surface area contributed by atoms with E-state index < -0.39 is 0 Å². The predicted molar refractivity (Wildman–Crippen MR) is 64.9 cm³/mol. The second-order valence-corrected chi connectivity index (χ2v) is 4.45. The highest BCUT2D eigenvalue weighted by Crippen LogP contribution is 2.21. The molecule has 4 nitrogen and oxygen atoms in total. The van der Waals surface area contributed by atoms with E-state index in [2.05, 4.69) is 19.2 Å². The van der Waals surface area contributed by atoms with Crippen molar-refractivity contribution < 1.29 is 14.8 Å². The fourth-order valence-electron chi connectivity index (χ4n) is 1.75. The summed E-state index contributed by atoms with van der Waals surface area (Å²) in [5.41, 5.74) is 0.991. The van der Waals surface area contributed by atoms with Gasteiger partial charge in [0.05, 0.1) is 6.04 Å². The van der Waals surface area contributed by atoms with Crippen molar-refractivity contribution in [2.24, 2.45) is 0 Å². The zero-order valence-electron chi connectivity index (χ0n) is 9.93. The molecule has 2 rings (SSSR count). The van der Waals surface area contributed by atoms with Gasteiger partial charge in [-0.25, -0.2) is 4.79 Å². The predicted octanol–water partition coefficient (Wildman–Crippen LogP) is 0.970. The van der Waals surface area contributed by atoms with Gasteiger partial charge in [0, 0.05) is 23.1 Å². The fourth-order valence-corrected chi connectivity index (χ4v) is 1.75. The average Bonchev–Trinajstić information content (AvgIpc) is 2.24. The molecule has 1 heterocycles. The maximum absolute atomic E-state index is 11.4. The molecule has 0 saturated heterocycles. The van der Waals surface area contributed by atoms with Crippen LogP contribution >= 0.6 is 0 Å². The van der Waals surface area contributed by atoms with Crippen molar-refractivity contribution in [2.75, 3.05) is 0 Å². The second-order valence-electron chi connectivity index (χ2n) is 4.45. The lowest BCUT2D eigenvalue weighted by Crippen LogP contribution is -2.86. The summed E-state index contributed by atoms with van der Waals surface area (Å²) < 4.78 is 5.06. The number of rotatable bonds is 3. The monoisotopic (exact) mass is 234 g/mol. The van der Waals surface area contributed by atoms with Crippen LogP contribution in [0, 0.1) is 0 Å². The lowest BCUT2D eigenvalue weighted by atomic mass is 10.1. The molecule has 0 bridgehead atoms. The second kappa shape index (κ2) is 4.59. The minimum absolute atomic E-state index is 0.102. The number of aromatic hydroxyl groups is 1. The quantitative estimate of drug-likeness (QED) is 0.778. The third-order valence-corrected chi connectivity index (χ3v) is 2.62. The molecule has 0 radical (unpaired) electrons. The van der Waals surface area contributed by atoms with Crippen molar-refractivity contribution in [3.8, 4) is 5.75 Å². The highest BCUT2D eigenvalue weighted by atomic mass is 16.4. The molecule has 0 fully saturated rings. The van der Waals surface area contributed by atoms with Gasteiger partial charge in [0.15, 0.2) is 0 Å². The summed E-state index contributed by atoms with van der Waals surface area (Å²) in [7, 11) is 0. The van der Waals surface area contributed by atoms with Gasteiger partial charge in [-0.2, -0.15) is 0 Å². The summed E-state index contributed by atoms with van der Waals surface area (Å²) in [6.07, 6.45) is 0. The van der Waals surface area contributed by atoms with Crippen molar-refractivity contribution >= 4 is 11.0 Å². The Labute approximate surface area is 98.9 Å². The van der Waals surface area contributed by atoms with Crippen LogP contribution in [-0.4, -0.2) is 11.1 Å². The Kier molecular flexibility index (Phi) is 3.15. The van der Waals surface area contributed by atoms with E-state index in [-0.39, 0.29) is 11.4 Å². The molecule has 0 aliphatic heterocycles. The van der Waals surface area contributed by atoms with Crippen LogP contribution in [-0.2, 0) is 6.54 Å². The van der Waals surface area contributed by atoms with E-state index in [1.165, 1.54) is 12.1 Å². The number of phenols is 1. The fraction of sp³-hybridized carbons (Fsp3) is 0.308. The van der Waals surface area contributed by atoms with Crippen molar-refractivity contribution in [1.29, 1.82) is 0 Å². The summed E-state index contributed by atoms with van der Waals surface area (Å²) in [4.78, 5) is 11.4. The minimum atomic E-state index is -0.379. The molecule has 2 aromatic rings. The maximum Gasteiger partial charge on any atom is 0.336 e. The van der Waals surface area contributed by atoms with Crippen LogP contribution in [0.2, 0.25) is 0 Å². The van der Waals surface area contributed by atoms with E-state index >= 15 is 0 Å². The molecule has 0 saturated carbocycles. The van der Waals surface area contributed by atoms with E-state index in [4.69, 9.17) is 4.42 Å². The standard InChI is InChI=1S/C13H15NO3/c1-8(2)14-7-9-5-13(16)17-12-6-10(15)3-4-11(9)12/h3-6,8,14-15H,7H2,1-2H3/p+1. The number of phenolic OH excluding ortho intramolecular Hbond substituents is 1. The van der Waals surface area contributed by atoms with Crippen LogP contribution in [0.25, 0.3) is 11.0 Å². The topological polar surface area (TPSA) is 67.0 Å². The third-order valence-electron chi connectivity index (χ3n) is 2.62. The molecule has 0 unspecified atom stereocenters. The molecule has 0 aliphatic carbocycles. The molecule has 0 amide bonds. The van der Waals surface area contributed by atoms with Gasteiger partial charge in [0.2, 0.25) is 0 Å². The minimum Gasteiger partial charge on any atom is -0.508 e. The van der Waals surface area contributed by atoms with Crippen LogP contribution in [0.4, 0.5) is 0 Å². The smallest absolute Gasteiger partial charge is 0.336 e. The van der Waals surface area contributed by atoms with Crippen molar-refractivity contribution in [1.82, 2.24) is 0 Å². The van der Waals surface area contributed by atoms with Gasteiger partial charge in [-0.1, -0.05) is 0 Å². The van der Waals surface area contributed by atoms with Crippen molar-refractivity contribution in [2.45, 2.75) is 26.4 Å². The van der Waals surface area contributed by atoms with Crippen molar-refractivity contribution in [3.05, 3.63) is 40.2 Å². The molecule has 4 heteroatoms. The molecule has 17 heavy (non-hydrogen) atoms. The van der Waals surface area contributed by atoms with E-state index in [1.54, 1.807) is 12.1 Å². The Morgan fingerprint density at radius 3 is 2.82 bits per heavy atom. The van der Waals surface area contributed by atoms with E-state index in [0.29, 0.717) is 11.6 Å². The molecular formula is C13H16NO3+. The highest BCUT2D eigenvalue weighted by molar-refractivity contribution is 5.81. The van der Waals surface area contributed by atoms with Gasteiger partial charge < -0.3 is 14.8 Å². The number of benzene rings is 1. The molecule has 0 spiro atoms. The first-order valence-corrected chi connectivity index (χ1v) is 5.65. The Hall–Kier alpha value is -1.81. The van der Waals surface area contributed by atoms with Crippen molar-refractivity contribution in [3.63, 3.8) is 0 Å². The lowest BCUT2D eigenvalue weighted by molar-refractivity contribution is -0.697. The lowest BCUT2D eigenvalue weighted by Gasteiger charge is -2.07. The number of nitrogens with two attached hydrogens (primary N) is 1. The first-order valence-electron chi connectivity index (χ1n) is 5.65. The van der Waals surface area contributed by atoms with Gasteiger partial charge in [-0.05, 0) is 26.0 Å². The molecule has 1 aromatic carbocycles. The Balaban J connectivity index is 2.50. The first-order chi connectivity index (χ1) is 8.06. The van der Waals surface area contributed by atoms with E-state index in [9.17, 15) is 9.90 Å². The van der Waals surface area contributed by atoms with Gasteiger partial charge in [-0.15, -0.1) is 0 Å². The highest BCUT2D eigenvalue weighted by Gasteiger charge is 2.08. The number of hydrogen-bond acceptors (Lipinski definition) is 3. The molecule has 3 N–H and O–H groups in total. The largest absolute Gasteiger partial charge is 0.508 e. The Morgan fingerprint density at radius 2 is 2.12 bits per heavy atom. The molecule has 0 aliphatic rings. The summed E-state index contributed by atoms with van der Waals surface area (Å²) in [6.45, 7) is 4.92. The van der Waals surface area contributed by atoms with Gasteiger partial charge in [-0.3, -0.25) is 0 Å². The SMILES string of the molecule is CC(C)[NH2+]Cc1cc(=O)oc2cc(O)ccc12. The third kappa shape index (κ3) is 2.65. The van der Waals surface area contributed by atoms with Gasteiger partial charge >= 0.3 is 5.63 Å². The normalized spacial score (nSPS) is 11.2. The first kappa shape index (κ1) is 11.7.